The molecule has 2 heterocycles. The number of oxazole rings is 1. The lowest BCUT2D eigenvalue weighted by Gasteiger charge is -2.33. The van der Waals surface area contributed by atoms with Crippen LogP contribution in [0.25, 0.3) is 11.3 Å². The second-order valence-electron chi connectivity index (χ2n) is 6.36. The van der Waals surface area contributed by atoms with Crippen LogP contribution >= 0.6 is 0 Å². The van der Waals surface area contributed by atoms with E-state index < -0.39 is 11.8 Å². The molecule has 1 N–H and O–H groups in total. The van der Waals surface area contributed by atoms with Crippen molar-refractivity contribution in [3.63, 3.8) is 0 Å². The second kappa shape index (κ2) is 8.77. The number of carbonyl (C=O) groups is 2. The Labute approximate surface area is 155 Å². The first-order valence-electron chi connectivity index (χ1n) is 8.83. The Morgan fingerprint density at radius 2 is 2.00 bits per heavy atom. The molecule has 1 aliphatic heterocycles. The van der Waals surface area contributed by atoms with Crippen LogP contribution in [0.5, 0.6) is 0 Å². The lowest BCUT2D eigenvalue weighted by molar-refractivity contribution is -0.147. The number of aliphatic carboxylic acids is 1. The summed E-state index contributed by atoms with van der Waals surface area (Å²) in [6.45, 7) is 0.690. The minimum absolute atomic E-state index is 0.0713. The van der Waals surface area contributed by atoms with E-state index in [4.69, 9.17) is 14.3 Å². The summed E-state index contributed by atoms with van der Waals surface area (Å²) in [5.41, 5.74) is 0.303. The average Bonchev–Trinajstić information content (AvgIpc) is 3.14. The summed E-state index contributed by atoms with van der Waals surface area (Å²) in [5, 5.41) is 9.11. The zero-order chi connectivity index (χ0) is 19.2. The molecule has 1 aliphatic rings. The molecule has 0 spiro atoms. The Balaban J connectivity index is 1.63. The third kappa shape index (κ3) is 4.91. The van der Waals surface area contributed by atoms with Gasteiger partial charge in [-0.25, -0.2) is 9.37 Å². The summed E-state index contributed by atoms with van der Waals surface area (Å²) in [6, 6.07) is 6.06. The van der Waals surface area contributed by atoms with Crippen molar-refractivity contribution in [3.05, 3.63) is 42.2 Å². The van der Waals surface area contributed by atoms with Gasteiger partial charge in [-0.15, -0.1) is 0 Å². The van der Waals surface area contributed by atoms with Crippen molar-refractivity contribution in [2.45, 2.75) is 31.7 Å². The van der Waals surface area contributed by atoms with Gasteiger partial charge in [0, 0.05) is 32.1 Å². The molecule has 0 atom stereocenters. The summed E-state index contributed by atoms with van der Waals surface area (Å²) in [7, 11) is 0. The van der Waals surface area contributed by atoms with Crippen molar-refractivity contribution >= 4 is 11.9 Å². The fourth-order valence-corrected chi connectivity index (χ4v) is 3.13. The van der Waals surface area contributed by atoms with Crippen molar-refractivity contribution in [2.75, 3.05) is 19.8 Å². The molecule has 8 heteroatoms. The SMILES string of the molecule is O=C(O)CN(C(=O)CCc1ncc(-c2ccccc2F)o1)C1CCOCC1. The molecule has 7 nitrogen and oxygen atoms in total. The van der Waals surface area contributed by atoms with Gasteiger partial charge in [-0.1, -0.05) is 12.1 Å². The summed E-state index contributed by atoms with van der Waals surface area (Å²) in [5.74, 6) is -1.13. The van der Waals surface area contributed by atoms with Crippen molar-refractivity contribution < 1.29 is 28.2 Å². The monoisotopic (exact) mass is 376 g/mol. The van der Waals surface area contributed by atoms with Gasteiger partial charge in [0.25, 0.3) is 0 Å². The first-order valence-corrected chi connectivity index (χ1v) is 8.83. The molecule has 1 amide bonds. The van der Waals surface area contributed by atoms with E-state index in [1.165, 1.54) is 17.2 Å². The molecule has 0 saturated carbocycles. The molecule has 27 heavy (non-hydrogen) atoms. The average molecular weight is 376 g/mol. The molecule has 0 radical (unpaired) electrons. The maximum Gasteiger partial charge on any atom is 0.323 e. The Kier molecular flexibility index (Phi) is 6.18. The normalized spacial score (nSPS) is 14.9. The molecular weight excluding hydrogens is 355 g/mol. The summed E-state index contributed by atoms with van der Waals surface area (Å²) in [4.78, 5) is 29.2. The number of carbonyl (C=O) groups excluding carboxylic acids is 1. The van der Waals surface area contributed by atoms with Gasteiger partial charge >= 0.3 is 5.97 Å². The van der Waals surface area contributed by atoms with Crippen LogP contribution < -0.4 is 0 Å². The maximum atomic E-state index is 13.8. The molecule has 0 aliphatic carbocycles. The number of benzene rings is 1. The van der Waals surface area contributed by atoms with Crippen LogP contribution in [0.4, 0.5) is 4.39 Å². The number of halogens is 1. The van der Waals surface area contributed by atoms with Crippen LogP contribution in [0.15, 0.2) is 34.9 Å². The van der Waals surface area contributed by atoms with Gasteiger partial charge in [0.1, 0.15) is 12.4 Å². The van der Waals surface area contributed by atoms with E-state index >= 15 is 0 Å². The molecule has 3 rings (SSSR count). The van der Waals surface area contributed by atoms with Gasteiger partial charge < -0.3 is 19.2 Å². The van der Waals surface area contributed by atoms with Crippen LogP contribution in [-0.4, -0.2) is 52.7 Å². The number of amides is 1. The van der Waals surface area contributed by atoms with E-state index in [9.17, 15) is 14.0 Å². The van der Waals surface area contributed by atoms with Gasteiger partial charge in [0.2, 0.25) is 5.91 Å². The number of hydrogen-bond donors (Lipinski definition) is 1. The fourth-order valence-electron chi connectivity index (χ4n) is 3.13. The Morgan fingerprint density at radius 1 is 1.26 bits per heavy atom. The predicted octanol–water partition coefficient (Wildman–Crippen LogP) is 2.51. The zero-order valence-electron chi connectivity index (χ0n) is 14.8. The molecule has 2 aromatic rings. The molecule has 144 valence electrons. The third-order valence-corrected chi connectivity index (χ3v) is 4.50. The lowest BCUT2D eigenvalue weighted by Crippen LogP contribution is -2.46. The topological polar surface area (TPSA) is 92.9 Å². The van der Waals surface area contributed by atoms with Gasteiger partial charge in [0.05, 0.1) is 11.8 Å². The quantitative estimate of drug-likeness (QED) is 0.798. The van der Waals surface area contributed by atoms with E-state index in [1.54, 1.807) is 18.2 Å². The second-order valence-corrected chi connectivity index (χ2v) is 6.36. The fraction of sp³-hybridized carbons (Fsp3) is 0.421. The highest BCUT2D eigenvalue weighted by Crippen LogP contribution is 2.24. The number of ether oxygens (including phenoxy) is 1. The van der Waals surface area contributed by atoms with Crippen molar-refractivity contribution in [1.82, 2.24) is 9.88 Å². The van der Waals surface area contributed by atoms with E-state index in [0.29, 0.717) is 43.3 Å². The van der Waals surface area contributed by atoms with Crippen LogP contribution in [-0.2, 0) is 20.7 Å². The number of nitrogens with zero attached hydrogens (tertiary/aromatic N) is 2. The van der Waals surface area contributed by atoms with Crippen LogP contribution in [0.3, 0.4) is 0 Å². The molecule has 0 unspecified atom stereocenters. The van der Waals surface area contributed by atoms with Gasteiger partial charge in [-0.3, -0.25) is 9.59 Å². The minimum atomic E-state index is -1.05. The largest absolute Gasteiger partial charge is 0.480 e. The number of aromatic nitrogens is 1. The molecule has 1 saturated heterocycles. The van der Waals surface area contributed by atoms with E-state index in [1.807, 2.05) is 0 Å². The number of carboxylic acid groups (broad SMARTS) is 1. The summed E-state index contributed by atoms with van der Waals surface area (Å²) >= 11 is 0. The lowest BCUT2D eigenvalue weighted by atomic mass is 10.1. The van der Waals surface area contributed by atoms with Crippen LogP contribution in [0.2, 0.25) is 0 Å². The molecule has 0 bridgehead atoms. The number of aryl methyl sites for hydroxylation is 1. The first kappa shape index (κ1) is 19.0. The van der Waals surface area contributed by atoms with Crippen LogP contribution in [0, 0.1) is 5.82 Å². The first-order chi connectivity index (χ1) is 13.0. The highest BCUT2D eigenvalue weighted by atomic mass is 19.1. The zero-order valence-corrected chi connectivity index (χ0v) is 14.8. The highest BCUT2D eigenvalue weighted by Gasteiger charge is 2.27. The van der Waals surface area contributed by atoms with Gasteiger partial charge in [0.15, 0.2) is 11.7 Å². The standard InChI is InChI=1S/C19H21FN2O5/c20-15-4-2-1-3-14(15)16-11-21-17(27-16)5-6-18(23)22(12-19(24)25)13-7-9-26-10-8-13/h1-4,11,13H,5-10,12H2,(H,24,25). The highest BCUT2D eigenvalue weighted by molar-refractivity contribution is 5.81. The number of hydrogen-bond acceptors (Lipinski definition) is 5. The molecule has 1 aromatic carbocycles. The summed E-state index contributed by atoms with van der Waals surface area (Å²) < 4.78 is 24.6. The summed E-state index contributed by atoms with van der Waals surface area (Å²) in [6.07, 6.45) is 2.95. The van der Waals surface area contributed by atoms with Crippen LogP contribution in [0.1, 0.15) is 25.2 Å². The minimum Gasteiger partial charge on any atom is -0.480 e. The Bertz CT molecular complexity index is 801. The Hall–Kier alpha value is -2.74. The molecule has 1 aromatic heterocycles. The smallest absolute Gasteiger partial charge is 0.323 e. The van der Waals surface area contributed by atoms with Gasteiger partial charge in [-0.05, 0) is 25.0 Å². The van der Waals surface area contributed by atoms with E-state index in [2.05, 4.69) is 4.98 Å². The van der Waals surface area contributed by atoms with Gasteiger partial charge in [-0.2, -0.15) is 0 Å². The van der Waals surface area contributed by atoms with E-state index in [-0.39, 0.29) is 31.3 Å². The predicted molar refractivity (Wildman–Crippen MR) is 93.4 cm³/mol. The van der Waals surface area contributed by atoms with Crippen molar-refractivity contribution in [1.29, 1.82) is 0 Å². The van der Waals surface area contributed by atoms with Crippen molar-refractivity contribution in [3.8, 4) is 11.3 Å². The van der Waals surface area contributed by atoms with E-state index in [0.717, 1.165) is 0 Å². The Morgan fingerprint density at radius 3 is 2.70 bits per heavy atom. The maximum absolute atomic E-state index is 13.8. The molecular formula is C19H21FN2O5. The number of rotatable bonds is 7. The third-order valence-electron chi connectivity index (χ3n) is 4.50. The molecule has 1 fully saturated rings. The number of carboxylic acids is 1. The van der Waals surface area contributed by atoms with Crippen molar-refractivity contribution in [2.24, 2.45) is 0 Å².